The van der Waals surface area contributed by atoms with E-state index in [2.05, 4.69) is 15.4 Å². The molecule has 8 heteroatoms. The number of aromatic nitrogens is 3. The number of ether oxygens (including phenoxy) is 1. The minimum atomic E-state index is -0.326. The summed E-state index contributed by atoms with van der Waals surface area (Å²) in [5.74, 6) is 0.646. The van der Waals surface area contributed by atoms with E-state index in [-0.39, 0.29) is 24.1 Å². The number of carbonyl (C=O) groups is 1. The van der Waals surface area contributed by atoms with Crippen LogP contribution in [0.2, 0.25) is 0 Å². The lowest BCUT2D eigenvalue weighted by molar-refractivity contribution is 0.0921. The molecule has 25 heavy (non-hydrogen) atoms. The molecule has 1 amide bonds. The van der Waals surface area contributed by atoms with Crippen LogP contribution < -0.4 is 10.1 Å². The molecule has 1 N–H and O–H groups in total. The Morgan fingerprint density at radius 2 is 2.08 bits per heavy atom. The third-order valence-electron chi connectivity index (χ3n) is 3.40. The average molecular weight is 344 g/mol. The fraction of sp³-hybridized carbons (Fsp3) is 0.235. The molecule has 0 aliphatic carbocycles. The molecule has 0 spiro atoms. The number of hydrogen-bond acceptors (Lipinski definition) is 5. The number of aryl methyl sites for hydroxylation is 1. The minimum Gasteiger partial charge on any atom is -0.486 e. The Morgan fingerprint density at radius 3 is 2.84 bits per heavy atom. The molecule has 0 atom stereocenters. The molecule has 0 aliphatic rings. The molecule has 0 saturated carbocycles. The highest BCUT2D eigenvalue weighted by Gasteiger charge is 2.11. The van der Waals surface area contributed by atoms with Gasteiger partial charge in [0.25, 0.3) is 5.91 Å². The average Bonchev–Trinajstić information content (AvgIpc) is 3.30. The number of carbonyl (C=O) groups excluding carboxylic acids is 1. The largest absolute Gasteiger partial charge is 0.486 e. The molecule has 3 rings (SSSR count). The number of hydrogen-bond donors (Lipinski definition) is 1. The number of furan rings is 1. The molecule has 0 radical (unpaired) electrons. The highest BCUT2D eigenvalue weighted by molar-refractivity contribution is 5.91. The molecule has 1 aromatic carbocycles. The number of nitrogens with one attached hydrogen (secondary N) is 1. The normalized spacial score (nSPS) is 10.6. The first-order valence-corrected chi connectivity index (χ1v) is 7.78. The first kappa shape index (κ1) is 16.7. The van der Waals surface area contributed by atoms with E-state index < -0.39 is 0 Å². The second kappa shape index (κ2) is 8.09. The third-order valence-corrected chi connectivity index (χ3v) is 3.40. The van der Waals surface area contributed by atoms with Gasteiger partial charge in [0.2, 0.25) is 0 Å². The van der Waals surface area contributed by atoms with Crippen molar-refractivity contribution in [1.82, 2.24) is 20.1 Å². The van der Waals surface area contributed by atoms with Crippen LogP contribution in [0.25, 0.3) is 0 Å². The van der Waals surface area contributed by atoms with Gasteiger partial charge in [-0.15, -0.1) is 0 Å². The van der Waals surface area contributed by atoms with Gasteiger partial charge in [-0.05, 0) is 42.8 Å². The van der Waals surface area contributed by atoms with Crippen LogP contribution in [0.4, 0.5) is 4.39 Å². The highest BCUT2D eigenvalue weighted by atomic mass is 19.1. The predicted octanol–water partition coefficient (Wildman–Crippen LogP) is 2.41. The van der Waals surface area contributed by atoms with Crippen LogP contribution in [-0.4, -0.2) is 27.2 Å². The lowest BCUT2D eigenvalue weighted by atomic mass is 10.3. The van der Waals surface area contributed by atoms with Crippen molar-refractivity contribution in [2.45, 2.75) is 19.6 Å². The number of rotatable bonds is 8. The maximum Gasteiger partial charge on any atom is 0.286 e. The number of nitrogens with zero attached hydrogens (tertiary/aromatic N) is 3. The van der Waals surface area contributed by atoms with Crippen molar-refractivity contribution in [3.05, 3.63) is 66.4 Å². The van der Waals surface area contributed by atoms with Crippen LogP contribution in [0, 0.1) is 5.82 Å². The Morgan fingerprint density at radius 1 is 1.24 bits per heavy atom. The molecule has 2 heterocycles. The molecular weight excluding hydrogens is 327 g/mol. The Kier molecular flexibility index (Phi) is 5.40. The van der Waals surface area contributed by atoms with E-state index in [4.69, 9.17) is 9.15 Å². The lowest BCUT2D eigenvalue weighted by Crippen LogP contribution is -2.24. The molecular formula is C17H17FN4O3. The molecule has 2 aromatic heterocycles. The zero-order chi connectivity index (χ0) is 17.5. The highest BCUT2D eigenvalue weighted by Crippen LogP contribution is 2.15. The summed E-state index contributed by atoms with van der Waals surface area (Å²) in [6, 6.07) is 8.96. The van der Waals surface area contributed by atoms with E-state index in [0.29, 0.717) is 24.6 Å². The third kappa shape index (κ3) is 4.90. The van der Waals surface area contributed by atoms with Crippen LogP contribution in [0.3, 0.4) is 0 Å². The van der Waals surface area contributed by atoms with Crippen molar-refractivity contribution >= 4 is 5.91 Å². The Hall–Kier alpha value is -3.16. The van der Waals surface area contributed by atoms with Gasteiger partial charge in [0.1, 0.15) is 36.6 Å². The molecule has 7 nitrogen and oxygen atoms in total. The molecule has 0 fully saturated rings. The summed E-state index contributed by atoms with van der Waals surface area (Å²) >= 11 is 0. The summed E-state index contributed by atoms with van der Waals surface area (Å²) in [6.45, 7) is 1.33. The first-order chi connectivity index (χ1) is 12.2. The second-order valence-electron chi connectivity index (χ2n) is 5.28. The summed E-state index contributed by atoms with van der Waals surface area (Å²) in [6.07, 6.45) is 3.83. The molecule has 0 bridgehead atoms. The van der Waals surface area contributed by atoms with Gasteiger partial charge in [-0.2, -0.15) is 5.10 Å². The SMILES string of the molecule is O=C(NCCCn1cncn1)c1ccc(COc2ccc(F)cc2)o1. The molecule has 0 aliphatic heterocycles. The fourth-order valence-electron chi connectivity index (χ4n) is 2.14. The van der Waals surface area contributed by atoms with Gasteiger partial charge in [-0.25, -0.2) is 9.37 Å². The van der Waals surface area contributed by atoms with Gasteiger partial charge in [0, 0.05) is 13.1 Å². The van der Waals surface area contributed by atoms with E-state index >= 15 is 0 Å². The van der Waals surface area contributed by atoms with Crippen molar-refractivity contribution in [3.63, 3.8) is 0 Å². The quantitative estimate of drug-likeness (QED) is 0.635. The molecule has 3 aromatic rings. The topological polar surface area (TPSA) is 82.2 Å². The van der Waals surface area contributed by atoms with E-state index in [1.165, 1.54) is 30.6 Å². The summed E-state index contributed by atoms with van der Waals surface area (Å²) in [7, 11) is 0. The maximum absolute atomic E-state index is 12.8. The molecule has 130 valence electrons. The predicted molar refractivity (Wildman–Crippen MR) is 86.4 cm³/mol. The number of benzene rings is 1. The second-order valence-corrected chi connectivity index (χ2v) is 5.28. The summed E-state index contributed by atoms with van der Waals surface area (Å²) < 4.78 is 25.4. The molecule has 0 unspecified atom stereocenters. The number of amides is 1. The first-order valence-electron chi connectivity index (χ1n) is 7.78. The monoisotopic (exact) mass is 344 g/mol. The zero-order valence-corrected chi connectivity index (χ0v) is 13.4. The van der Waals surface area contributed by atoms with Crippen LogP contribution in [-0.2, 0) is 13.2 Å². The van der Waals surface area contributed by atoms with Gasteiger partial charge in [-0.3, -0.25) is 9.48 Å². The summed E-state index contributed by atoms with van der Waals surface area (Å²) in [5.41, 5.74) is 0. The number of halogens is 1. The van der Waals surface area contributed by atoms with E-state index in [9.17, 15) is 9.18 Å². The molecule has 0 saturated heterocycles. The van der Waals surface area contributed by atoms with E-state index in [1.54, 1.807) is 23.1 Å². The fourth-order valence-corrected chi connectivity index (χ4v) is 2.14. The van der Waals surface area contributed by atoms with Crippen molar-refractivity contribution in [1.29, 1.82) is 0 Å². The van der Waals surface area contributed by atoms with Gasteiger partial charge in [-0.1, -0.05) is 0 Å². The Balaban J connectivity index is 1.42. The van der Waals surface area contributed by atoms with E-state index in [0.717, 1.165) is 6.42 Å². The van der Waals surface area contributed by atoms with Gasteiger partial charge in [0.15, 0.2) is 5.76 Å². The van der Waals surface area contributed by atoms with Gasteiger partial charge in [0.05, 0.1) is 0 Å². The van der Waals surface area contributed by atoms with Crippen molar-refractivity contribution in [2.75, 3.05) is 6.54 Å². The zero-order valence-electron chi connectivity index (χ0n) is 13.4. The van der Waals surface area contributed by atoms with E-state index in [1.807, 2.05) is 0 Å². The van der Waals surface area contributed by atoms with Gasteiger partial charge >= 0.3 is 0 Å². The summed E-state index contributed by atoms with van der Waals surface area (Å²) in [5, 5.41) is 6.76. The van der Waals surface area contributed by atoms with Crippen LogP contribution in [0.15, 0.2) is 53.5 Å². The van der Waals surface area contributed by atoms with Crippen molar-refractivity contribution in [2.24, 2.45) is 0 Å². The van der Waals surface area contributed by atoms with Gasteiger partial charge < -0.3 is 14.5 Å². The maximum atomic E-state index is 12.8. The minimum absolute atomic E-state index is 0.158. The standard InChI is InChI=1S/C17H17FN4O3/c18-13-2-4-14(5-3-13)24-10-15-6-7-16(25-15)17(23)20-8-1-9-22-12-19-11-21-22/h2-7,11-12H,1,8-10H2,(H,20,23). The Bertz CT molecular complexity index is 800. The van der Waals surface area contributed by atoms with Crippen LogP contribution >= 0.6 is 0 Å². The Labute approximate surface area is 143 Å². The lowest BCUT2D eigenvalue weighted by Gasteiger charge is -2.04. The van der Waals surface area contributed by atoms with Crippen molar-refractivity contribution in [3.8, 4) is 5.75 Å². The van der Waals surface area contributed by atoms with Crippen molar-refractivity contribution < 1.29 is 18.3 Å². The van der Waals surface area contributed by atoms with Crippen LogP contribution in [0.5, 0.6) is 5.75 Å². The smallest absolute Gasteiger partial charge is 0.286 e. The summed E-state index contributed by atoms with van der Waals surface area (Å²) in [4.78, 5) is 15.9. The van der Waals surface area contributed by atoms with Crippen LogP contribution in [0.1, 0.15) is 22.7 Å².